The fourth-order valence-corrected chi connectivity index (χ4v) is 4.96. The lowest BCUT2D eigenvalue weighted by atomic mass is 9.98. The summed E-state index contributed by atoms with van der Waals surface area (Å²) in [7, 11) is 0. The van der Waals surface area contributed by atoms with Gasteiger partial charge in [0.25, 0.3) is 5.91 Å². The first kappa shape index (κ1) is 25.8. The minimum absolute atomic E-state index is 0.186. The highest BCUT2D eigenvalue weighted by Crippen LogP contribution is 2.23. The van der Waals surface area contributed by atoms with Gasteiger partial charge in [-0.25, -0.2) is 9.78 Å². The summed E-state index contributed by atoms with van der Waals surface area (Å²) in [6, 6.07) is 20.5. The summed E-state index contributed by atoms with van der Waals surface area (Å²) in [5, 5.41) is 15.8. The van der Waals surface area contributed by atoms with Crippen molar-refractivity contribution in [1.82, 2.24) is 20.3 Å². The van der Waals surface area contributed by atoms with Crippen LogP contribution < -0.4 is 10.6 Å². The lowest BCUT2D eigenvalue weighted by Crippen LogP contribution is -2.42. The molecule has 0 fully saturated rings. The minimum Gasteiger partial charge on any atom is -0.480 e. The number of nitrogens with one attached hydrogen (secondary N) is 4. The third-order valence-corrected chi connectivity index (χ3v) is 6.81. The normalized spacial score (nSPS) is 11.9. The Bertz CT molecular complexity index is 1590. The Hall–Kier alpha value is -4.85. The average molecular weight is 522 g/mol. The van der Waals surface area contributed by atoms with Crippen LogP contribution in [0.25, 0.3) is 22.2 Å². The van der Waals surface area contributed by atoms with Crippen molar-refractivity contribution in [2.45, 2.75) is 39.8 Å². The van der Waals surface area contributed by atoms with Crippen LogP contribution >= 0.6 is 0 Å². The van der Waals surface area contributed by atoms with Crippen molar-refractivity contribution in [2.75, 3.05) is 5.32 Å². The number of amides is 1. The van der Waals surface area contributed by atoms with Crippen LogP contribution in [0.1, 0.15) is 38.3 Å². The van der Waals surface area contributed by atoms with Gasteiger partial charge >= 0.3 is 5.97 Å². The number of carbonyl (C=O) groups excluding carboxylic acids is 1. The standard InChI is InChI=1S/C31H31N5O3/c1-18-12-19(2)28(20(3)13-18)29(37)34-27(30(38)39)14-21-8-10-22(11-9-21)23-15-24(32-16-23)17-33-31-35-25-6-4-5-7-26(25)36-31/h4-13,15-16,27,32H,14,17H2,1-3H3,(H,34,37)(H,38,39)(H2,33,35,36). The molecule has 0 saturated heterocycles. The molecular formula is C31H31N5O3. The molecule has 2 aromatic heterocycles. The van der Waals surface area contributed by atoms with Gasteiger partial charge in [-0.2, -0.15) is 0 Å². The van der Waals surface area contributed by atoms with Gasteiger partial charge in [-0.05, 0) is 66.8 Å². The van der Waals surface area contributed by atoms with Gasteiger partial charge in [0.2, 0.25) is 5.95 Å². The third-order valence-electron chi connectivity index (χ3n) is 6.81. The summed E-state index contributed by atoms with van der Waals surface area (Å²) in [6.45, 7) is 6.28. The molecule has 5 rings (SSSR count). The van der Waals surface area contributed by atoms with E-state index in [4.69, 9.17) is 0 Å². The summed E-state index contributed by atoms with van der Waals surface area (Å²) in [6.07, 6.45) is 2.13. The van der Waals surface area contributed by atoms with E-state index in [0.717, 1.165) is 50.1 Å². The number of aryl methyl sites for hydroxylation is 3. The molecule has 1 amide bonds. The molecular weight excluding hydrogens is 490 g/mol. The Labute approximate surface area is 226 Å². The highest BCUT2D eigenvalue weighted by Gasteiger charge is 2.23. The Morgan fingerprint density at radius 2 is 1.67 bits per heavy atom. The summed E-state index contributed by atoms with van der Waals surface area (Å²) in [5.41, 5.74) is 9.01. The Morgan fingerprint density at radius 1 is 0.949 bits per heavy atom. The molecule has 0 spiro atoms. The lowest BCUT2D eigenvalue weighted by Gasteiger charge is -2.17. The number of rotatable bonds is 9. The van der Waals surface area contributed by atoms with E-state index >= 15 is 0 Å². The van der Waals surface area contributed by atoms with E-state index in [0.29, 0.717) is 18.1 Å². The number of aliphatic carboxylic acids is 1. The smallest absolute Gasteiger partial charge is 0.326 e. The molecule has 0 bridgehead atoms. The zero-order valence-corrected chi connectivity index (χ0v) is 22.1. The van der Waals surface area contributed by atoms with Gasteiger partial charge in [0.15, 0.2) is 0 Å². The molecule has 0 aliphatic carbocycles. The number of benzene rings is 3. The van der Waals surface area contributed by atoms with Gasteiger partial charge in [-0.3, -0.25) is 4.79 Å². The third kappa shape index (κ3) is 5.85. The van der Waals surface area contributed by atoms with Crippen LogP contribution in [0.2, 0.25) is 0 Å². The number of carboxylic acid groups (broad SMARTS) is 1. The molecule has 0 radical (unpaired) electrons. The number of nitrogens with zero attached hydrogens (tertiary/aromatic N) is 1. The highest BCUT2D eigenvalue weighted by atomic mass is 16.4. The van der Waals surface area contributed by atoms with Crippen molar-refractivity contribution < 1.29 is 14.7 Å². The molecule has 8 nitrogen and oxygen atoms in total. The fourth-order valence-electron chi connectivity index (χ4n) is 4.96. The number of aromatic amines is 2. The van der Waals surface area contributed by atoms with Crippen molar-refractivity contribution >= 4 is 28.9 Å². The monoisotopic (exact) mass is 521 g/mol. The average Bonchev–Trinajstić information content (AvgIpc) is 3.54. The molecule has 5 aromatic rings. The van der Waals surface area contributed by atoms with Crippen molar-refractivity contribution in [3.63, 3.8) is 0 Å². The highest BCUT2D eigenvalue weighted by molar-refractivity contribution is 5.99. The van der Waals surface area contributed by atoms with Crippen molar-refractivity contribution in [3.8, 4) is 11.1 Å². The van der Waals surface area contributed by atoms with Crippen LogP contribution in [-0.4, -0.2) is 38.0 Å². The number of imidazole rings is 1. The van der Waals surface area contributed by atoms with Gasteiger partial charge in [-0.15, -0.1) is 0 Å². The zero-order valence-electron chi connectivity index (χ0n) is 22.1. The minimum atomic E-state index is -1.07. The number of H-pyrrole nitrogens is 2. The zero-order chi connectivity index (χ0) is 27.5. The molecule has 39 heavy (non-hydrogen) atoms. The molecule has 198 valence electrons. The van der Waals surface area contributed by atoms with Crippen LogP contribution in [0.5, 0.6) is 0 Å². The van der Waals surface area contributed by atoms with E-state index in [2.05, 4.69) is 31.7 Å². The van der Waals surface area contributed by atoms with Crippen molar-refractivity contribution in [1.29, 1.82) is 0 Å². The SMILES string of the molecule is Cc1cc(C)c(C(=O)NC(Cc2ccc(-c3c[nH]c(CNc4nc5ccccc5[nH]4)c3)cc2)C(=O)O)c(C)c1. The maximum atomic E-state index is 12.9. The van der Waals surface area contributed by atoms with Crippen LogP contribution in [0.4, 0.5) is 5.95 Å². The number of anilines is 1. The first-order chi connectivity index (χ1) is 18.8. The molecule has 0 saturated carbocycles. The summed E-state index contributed by atoms with van der Waals surface area (Å²) in [5.74, 6) is -0.725. The quantitative estimate of drug-likeness (QED) is 0.175. The number of carbonyl (C=O) groups is 2. The second-order valence-corrected chi connectivity index (χ2v) is 9.91. The maximum absolute atomic E-state index is 12.9. The Morgan fingerprint density at radius 3 is 2.36 bits per heavy atom. The number of fused-ring (bicyclic) bond motifs is 1. The number of para-hydroxylation sites is 2. The predicted octanol–water partition coefficient (Wildman–Crippen LogP) is 5.52. The van der Waals surface area contributed by atoms with Crippen LogP contribution in [0.3, 0.4) is 0 Å². The summed E-state index contributed by atoms with van der Waals surface area (Å²) >= 11 is 0. The predicted molar refractivity (Wildman–Crippen MR) is 153 cm³/mol. The van der Waals surface area contributed by atoms with E-state index < -0.39 is 12.0 Å². The Kier molecular flexibility index (Phi) is 7.19. The molecule has 0 aliphatic heterocycles. The fraction of sp³-hybridized carbons (Fsp3) is 0.194. The van der Waals surface area contributed by atoms with Gasteiger partial charge < -0.3 is 25.7 Å². The van der Waals surface area contributed by atoms with Gasteiger partial charge in [0.1, 0.15) is 6.04 Å². The number of hydrogen-bond acceptors (Lipinski definition) is 4. The molecule has 8 heteroatoms. The van der Waals surface area contributed by atoms with Gasteiger partial charge in [-0.1, -0.05) is 54.1 Å². The van der Waals surface area contributed by atoms with Crippen LogP contribution in [0, 0.1) is 20.8 Å². The van der Waals surface area contributed by atoms with E-state index in [-0.39, 0.29) is 12.3 Å². The van der Waals surface area contributed by atoms with Crippen LogP contribution in [0.15, 0.2) is 72.9 Å². The first-order valence-corrected chi connectivity index (χ1v) is 12.8. The second-order valence-electron chi connectivity index (χ2n) is 9.91. The summed E-state index contributed by atoms with van der Waals surface area (Å²) < 4.78 is 0. The first-order valence-electron chi connectivity index (χ1n) is 12.8. The van der Waals surface area contributed by atoms with Gasteiger partial charge in [0.05, 0.1) is 17.6 Å². The van der Waals surface area contributed by atoms with Crippen molar-refractivity contribution in [2.24, 2.45) is 0 Å². The van der Waals surface area contributed by atoms with E-state index in [9.17, 15) is 14.7 Å². The topological polar surface area (TPSA) is 123 Å². The molecule has 0 aliphatic rings. The lowest BCUT2D eigenvalue weighted by molar-refractivity contribution is -0.139. The number of carboxylic acids is 1. The van der Waals surface area contributed by atoms with Crippen LogP contribution in [-0.2, 0) is 17.8 Å². The molecule has 2 heterocycles. The largest absolute Gasteiger partial charge is 0.480 e. The van der Waals surface area contributed by atoms with E-state index in [1.54, 1.807) is 0 Å². The Balaban J connectivity index is 1.22. The van der Waals surface area contributed by atoms with E-state index in [1.165, 1.54) is 0 Å². The van der Waals surface area contributed by atoms with E-state index in [1.807, 2.05) is 87.6 Å². The maximum Gasteiger partial charge on any atom is 0.326 e. The molecule has 5 N–H and O–H groups in total. The summed E-state index contributed by atoms with van der Waals surface area (Å²) in [4.78, 5) is 36.0. The van der Waals surface area contributed by atoms with Gasteiger partial charge in [0, 0.05) is 23.9 Å². The number of aromatic nitrogens is 3. The number of hydrogen-bond donors (Lipinski definition) is 5. The molecule has 3 aromatic carbocycles. The van der Waals surface area contributed by atoms with Crippen molar-refractivity contribution in [3.05, 3.63) is 106 Å². The molecule has 1 unspecified atom stereocenters. The molecule has 1 atom stereocenters. The second kappa shape index (κ2) is 10.9.